The van der Waals surface area contributed by atoms with Crippen LogP contribution in [0.1, 0.15) is 13.8 Å². The van der Waals surface area contributed by atoms with E-state index in [-0.39, 0.29) is 0 Å². The molecule has 0 spiro atoms. The molecule has 68 valence electrons. The monoisotopic (exact) mass is 203 g/mol. The lowest BCUT2D eigenvalue weighted by Gasteiger charge is -2.26. The van der Waals surface area contributed by atoms with Gasteiger partial charge in [0, 0.05) is 18.7 Å². The van der Waals surface area contributed by atoms with Gasteiger partial charge in [-0.1, -0.05) is 49.4 Å². The van der Waals surface area contributed by atoms with Crippen LogP contribution in [0.2, 0.25) is 0 Å². The summed E-state index contributed by atoms with van der Waals surface area (Å²) in [7, 11) is -0.513. The van der Waals surface area contributed by atoms with Gasteiger partial charge in [0.1, 0.15) is 0 Å². The number of halogens is 1. The van der Waals surface area contributed by atoms with Crippen LogP contribution in [0, 0.1) is 0 Å². The highest BCUT2D eigenvalue weighted by molar-refractivity contribution is 7.82. The summed E-state index contributed by atoms with van der Waals surface area (Å²) in [5.41, 5.74) is 0.460. The molecule has 0 amide bonds. The van der Waals surface area contributed by atoms with Gasteiger partial charge in [0.2, 0.25) is 0 Å². The third-order valence-corrected chi connectivity index (χ3v) is 5.23. The molecule has 0 fully saturated rings. The zero-order valence-corrected chi connectivity index (χ0v) is 9.22. The first kappa shape index (κ1) is 10.2. The standard InChI is InChI=1S/C9H15ClNP/c1-3-11(4-2)12(10)9-7-5-6-8-9/h5-9H,3-4H2,1-2H3. The Balaban J connectivity index is 2.49. The van der Waals surface area contributed by atoms with Crippen molar-refractivity contribution in [3.8, 4) is 0 Å². The quantitative estimate of drug-likeness (QED) is 0.634. The molecule has 0 saturated heterocycles. The fourth-order valence-electron chi connectivity index (χ4n) is 1.24. The molecule has 0 aromatic carbocycles. The van der Waals surface area contributed by atoms with Crippen molar-refractivity contribution in [3.63, 3.8) is 0 Å². The van der Waals surface area contributed by atoms with Gasteiger partial charge in [0.25, 0.3) is 0 Å². The van der Waals surface area contributed by atoms with Crippen molar-refractivity contribution < 1.29 is 0 Å². The van der Waals surface area contributed by atoms with Crippen LogP contribution in [0.5, 0.6) is 0 Å². The second kappa shape index (κ2) is 5.01. The summed E-state index contributed by atoms with van der Waals surface area (Å²) in [6, 6.07) is 0. The van der Waals surface area contributed by atoms with E-state index in [9.17, 15) is 0 Å². The van der Waals surface area contributed by atoms with Gasteiger partial charge >= 0.3 is 0 Å². The maximum Gasteiger partial charge on any atom is 0.0736 e. The van der Waals surface area contributed by atoms with Crippen molar-refractivity contribution in [2.24, 2.45) is 0 Å². The summed E-state index contributed by atoms with van der Waals surface area (Å²) in [4.78, 5) is 0. The van der Waals surface area contributed by atoms with Crippen molar-refractivity contribution in [3.05, 3.63) is 24.3 Å². The van der Waals surface area contributed by atoms with Gasteiger partial charge in [-0.05, 0) is 0 Å². The molecule has 1 nitrogen and oxygen atoms in total. The van der Waals surface area contributed by atoms with Crippen LogP contribution in [0.4, 0.5) is 0 Å². The third kappa shape index (κ3) is 2.32. The Morgan fingerprint density at radius 2 is 1.75 bits per heavy atom. The first-order valence-electron chi connectivity index (χ1n) is 4.34. The minimum Gasteiger partial charge on any atom is -0.270 e. The Bertz CT molecular complexity index is 175. The Morgan fingerprint density at radius 3 is 2.17 bits per heavy atom. The molecule has 1 aliphatic rings. The molecular formula is C9H15ClNP. The first-order chi connectivity index (χ1) is 5.79. The molecule has 3 heteroatoms. The fraction of sp³-hybridized carbons (Fsp3) is 0.556. The van der Waals surface area contributed by atoms with E-state index in [0.717, 1.165) is 13.1 Å². The summed E-state index contributed by atoms with van der Waals surface area (Å²) < 4.78 is 2.32. The Hall–Kier alpha value is 0.160. The predicted molar refractivity (Wildman–Crippen MR) is 57.8 cm³/mol. The van der Waals surface area contributed by atoms with Crippen LogP contribution >= 0.6 is 18.7 Å². The van der Waals surface area contributed by atoms with E-state index in [1.165, 1.54) is 0 Å². The van der Waals surface area contributed by atoms with E-state index in [4.69, 9.17) is 11.2 Å². The van der Waals surface area contributed by atoms with Gasteiger partial charge in [0.05, 0.1) is 7.43 Å². The lowest BCUT2D eigenvalue weighted by molar-refractivity contribution is 0.511. The van der Waals surface area contributed by atoms with Gasteiger partial charge < -0.3 is 0 Å². The molecule has 1 unspecified atom stereocenters. The molecule has 0 radical (unpaired) electrons. The molecule has 0 aromatic heterocycles. The van der Waals surface area contributed by atoms with Gasteiger partial charge in [0.15, 0.2) is 0 Å². The molecule has 0 aliphatic heterocycles. The zero-order valence-electron chi connectivity index (χ0n) is 7.57. The minimum absolute atomic E-state index is 0.460. The molecule has 1 aliphatic carbocycles. The molecule has 0 bridgehead atoms. The summed E-state index contributed by atoms with van der Waals surface area (Å²) in [6.07, 6.45) is 8.51. The SMILES string of the molecule is CCN(CC)P(Cl)C1C=CC=C1. The maximum absolute atomic E-state index is 6.34. The average molecular weight is 204 g/mol. The Kier molecular flexibility index (Phi) is 4.28. The number of allylic oxidation sites excluding steroid dienone is 4. The van der Waals surface area contributed by atoms with Gasteiger partial charge in [-0.15, -0.1) is 0 Å². The van der Waals surface area contributed by atoms with E-state index in [0.29, 0.717) is 5.66 Å². The molecule has 1 rings (SSSR count). The maximum atomic E-state index is 6.34. The fourth-order valence-corrected chi connectivity index (χ4v) is 3.68. The van der Waals surface area contributed by atoms with Crippen molar-refractivity contribution in [1.29, 1.82) is 0 Å². The average Bonchev–Trinajstić information content (AvgIpc) is 2.58. The van der Waals surface area contributed by atoms with Gasteiger partial charge in [-0.2, -0.15) is 0 Å². The van der Waals surface area contributed by atoms with E-state index >= 15 is 0 Å². The second-order valence-corrected chi connectivity index (χ2v) is 5.47. The van der Waals surface area contributed by atoms with Crippen LogP contribution in [-0.2, 0) is 0 Å². The highest BCUT2D eigenvalue weighted by Gasteiger charge is 2.20. The zero-order chi connectivity index (χ0) is 8.97. The minimum atomic E-state index is -0.513. The van der Waals surface area contributed by atoms with Crippen LogP contribution in [0.15, 0.2) is 24.3 Å². The van der Waals surface area contributed by atoms with Crippen LogP contribution in [0.3, 0.4) is 0 Å². The smallest absolute Gasteiger partial charge is 0.0736 e. The molecule has 0 heterocycles. The Morgan fingerprint density at radius 1 is 1.25 bits per heavy atom. The number of hydrogen-bond acceptors (Lipinski definition) is 1. The van der Waals surface area contributed by atoms with E-state index in [1.807, 2.05) is 0 Å². The highest BCUT2D eigenvalue weighted by Crippen LogP contribution is 2.51. The molecular weight excluding hydrogens is 189 g/mol. The van der Waals surface area contributed by atoms with Gasteiger partial charge in [-0.3, -0.25) is 4.67 Å². The van der Waals surface area contributed by atoms with E-state index < -0.39 is 7.43 Å². The van der Waals surface area contributed by atoms with E-state index in [2.05, 4.69) is 42.8 Å². The number of hydrogen-bond donors (Lipinski definition) is 0. The van der Waals surface area contributed by atoms with Crippen molar-refractivity contribution in [2.45, 2.75) is 19.5 Å². The Labute approximate surface area is 80.7 Å². The van der Waals surface area contributed by atoms with E-state index in [1.54, 1.807) is 0 Å². The topological polar surface area (TPSA) is 3.24 Å². The third-order valence-electron chi connectivity index (χ3n) is 1.97. The number of rotatable bonds is 4. The lowest BCUT2D eigenvalue weighted by atomic mass is 10.5. The lowest BCUT2D eigenvalue weighted by Crippen LogP contribution is -2.18. The van der Waals surface area contributed by atoms with Gasteiger partial charge in [-0.25, -0.2) is 0 Å². The number of nitrogens with zero attached hydrogens (tertiary/aromatic N) is 1. The van der Waals surface area contributed by atoms with Crippen LogP contribution < -0.4 is 0 Å². The van der Waals surface area contributed by atoms with Crippen molar-refractivity contribution in [1.82, 2.24) is 4.67 Å². The predicted octanol–water partition coefficient (Wildman–Crippen LogP) is 3.37. The summed E-state index contributed by atoms with van der Waals surface area (Å²) in [5, 5.41) is 0. The molecule has 0 aromatic rings. The summed E-state index contributed by atoms with van der Waals surface area (Å²) >= 11 is 6.34. The van der Waals surface area contributed by atoms with Crippen molar-refractivity contribution >= 4 is 18.7 Å². The molecule has 0 N–H and O–H groups in total. The molecule has 12 heavy (non-hydrogen) atoms. The van der Waals surface area contributed by atoms with Crippen molar-refractivity contribution in [2.75, 3.05) is 13.1 Å². The van der Waals surface area contributed by atoms with Crippen LogP contribution in [-0.4, -0.2) is 23.4 Å². The highest BCUT2D eigenvalue weighted by atomic mass is 35.7. The van der Waals surface area contributed by atoms with Crippen LogP contribution in [0.25, 0.3) is 0 Å². The summed E-state index contributed by atoms with van der Waals surface area (Å²) in [5.74, 6) is 0. The molecule has 0 saturated carbocycles. The first-order valence-corrected chi connectivity index (χ1v) is 6.61. The molecule has 1 atom stereocenters. The largest absolute Gasteiger partial charge is 0.270 e. The normalized spacial score (nSPS) is 19.3. The summed E-state index contributed by atoms with van der Waals surface area (Å²) in [6.45, 7) is 6.40. The second-order valence-electron chi connectivity index (χ2n) is 2.69.